The molecule has 0 bridgehead atoms. The molecular formula is C34H41ClN6O7. The van der Waals surface area contributed by atoms with E-state index in [1.165, 1.54) is 21.2 Å². The molecular weight excluding hydrogens is 640 g/mol. The van der Waals surface area contributed by atoms with Crippen LogP contribution in [0.1, 0.15) is 68.2 Å². The lowest BCUT2D eigenvalue weighted by Gasteiger charge is -2.52. The van der Waals surface area contributed by atoms with E-state index in [-0.39, 0.29) is 50.3 Å². The molecule has 0 radical (unpaired) electrons. The fraction of sp³-hybridized carbons (Fsp3) is 0.441. The molecule has 1 saturated heterocycles. The molecule has 1 N–H and O–H groups in total. The largest absolute Gasteiger partial charge is 0.483 e. The van der Waals surface area contributed by atoms with Crippen molar-refractivity contribution in [2.75, 3.05) is 33.7 Å². The number of ketones is 1. The van der Waals surface area contributed by atoms with Crippen molar-refractivity contribution in [1.29, 1.82) is 0 Å². The summed E-state index contributed by atoms with van der Waals surface area (Å²) in [6.07, 6.45) is 0.854. The van der Waals surface area contributed by atoms with Crippen molar-refractivity contribution in [1.82, 2.24) is 28.6 Å². The van der Waals surface area contributed by atoms with Crippen LogP contribution in [0.4, 0.5) is 4.79 Å². The number of hydrogen-bond acceptors (Lipinski definition) is 7. The Morgan fingerprint density at radius 2 is 1.65 bits per heavy atom. The van der Waals surface area contributed by atoms with Gasteiger partial charge in [0.1, 0.15) is 17.4 Å². The highest BCUT2D eigenvalue weighted by atomic mass is 35.5. The number of ether oxygens (including phenoxy) is 1. The number of benzene rings is 2. The number of fused-ring (bicyclic) bond motifs is 5. The highest BCUT2D eigenvalue weighted by Gasteiger charge is 2.49. The second-order valence-corrected chi connectivity index (χ2v) is 13.7. The van der Waals surface area contributed by atoms with Gasteiger partial charge in [-0.3, -0.25) is 14.5 Å². The molecule has 0 spiro atoms. The molecule has 3 aromatic rings. The molecule has 6 rings (SSSR count). The molecule has 2 aromatic carbocycles. The minimum atomic E-state index is -1.06. The van der Waals surface area contributed by atoms with Gasteiger partial charge >= 0.3 is 17.5 Å². The number of aromatic nitrogens is 3. The summed E-state index contributed by atoms with van der Waals surface area (Å²) in [5.74, 6) is 0.232. The third-order valence-electron chi connectivity index (χ3n) is 9.57. The molecule has 0 saturated carbocycles. The van der Waals surface area contributed by atoms with Crippen molar-refractivity contribution in [2.45, 2.75) is 64.4 Å². The Hall–Kier alpha value is -4.62. The molecule has 2 atom stereocenters. The average Bonchev–Trinajstić information content (AvgIpc) is 3.24. The number of piperazine rings is 1. The van der Waals surface area contributed by atoms with Crippen LogP contribution in [-0.2, 0) is 11.3 Å². The summed E-state index contributed by atoms with van der Waals surface area (Å²) in [6, 6.07) is 10.6. The molecule has 2 amide bonds. The first kappa shape index (κ1) is 34.7. The van der Waals surface area contributed by atoms with Crippen LogP contribution < -0.4 is 16.1 Å². The van der Waals surface area contributed by atoms with E-state index in [0.29, 0.717) is 28.1 Å². The maximum Gasteiger partial charge on any atom is 0.407 e. The molecule has 3 aliphatic rings. The predicted molar refractivity (Wildman–Crippen MR) is 181 cm³/mol. The van der Waals surface area contributed by atoms with Crippen LogP contribution >= 0.6 is 12.4 Å². The van der Waals surface area contributed by atoms with Gasteiger partial charge in [-0.05, 0) is 90.2 Å². The zero-order chi connectivity index (χ0) is 34.2. The first-order valence-corrected chi connectivity index (χ1v) is 15.6. The second kappa shape index (κ2) is 12.1. The minimum absolute atomic E-state index is 0. The van der Waals surface area contributed by atoms with Gasteiger partial charge in [-0.1, -0.05) is 18.2 Å². The summed E-state index contributed by atoms with van der Waals surface area (Å²) in [5, 5.41) is 10.1. The van der Waals surface area contributed by atoms with E-state index in [0.717, 1.165) is 10.1 Å². The van der Waals surface area contributed by atoms with Crippen LogP contribution in [0.15, 0.2) is 63.7 Å². The van der Waals surface area contributed by atoms with Crippen LogP contribution in [0.2, 0.25) is 0 Å². The van der Waals surface area contributed by atoms with Gasteiger partial charge in [0.2, 0.25) is 5.91 Å². The van der Waals surface area contributed by atoms with E-state index in [2.05, 4.69) is 0 Å². The van der Waals surface area contributed by atoms with Gasteiger partial charge in [0.05, 0.1) is 30.4 Å². The number of rotatable bonds is 5. The van der Waals surface area contributed by atoms with Gasteiger partial charge < -0.3 is 19.6 Å². The highest BCUT2D eigenvalue weighted by Crippen LogP contribution is 2.48. The van der Waals surface area contributed by atoms with Crippen molar-refractivity contribution < 1.29 is 24.2 Å². The van der Waals surface area contributed by atoms with Crippen molar-refractivity contribution in [3.05, 3.63) is 91.8 Å². The Bertz CT molecular complexity index is 1950. The van der Waals surface area contributed by atoms with Crippen molar-refractivity contribution >= 4 is 30.2 Å². The third kappa shape index (κ3) is 5.44. The van der Waals surface area contributed by atoms with Crippen LogP contribution in [0.5, 0.6) is 5.75 Å². The number of carbonyl (C=O) groups is 3. The fourth-order valence-electron chi connectivity index (χ4n) is 7.36. The topological polar surface area (TPSA) is 139 Å². The number of hydrogen-bond donors (Lipinski definition) is 1. The lowest BCUT2D eigenvalue weighted by molar-refractivity contribution is -0.142. The minimum Gasteiger partial charge on any atom is -0.483 e. The summed E-state index contributed by atoms with van der Waals surface area (Å²) >= 11 is 0. The molecule has 0 aliphatic carbocycles. The summed E-state index contributed by atoms with van der Waals surface area (Å²) in [5.41, 5.74) is 0.128. The number of likely N-dealkylation sites (N-methyl/N-ethyl adjacent to an activating group) is 1. The normalized spacial score (nSPS) is 20.5. The summed E-state index contributed by atoms with van der Waals surface area (Å²) < 4.78 is 10.6. The summed E-state index contributed by atoms with van der Waals surface area (Å²) in [7, 11) is 3.62. The number of allylic oxidation sites excluding steroid dienone is 1. The average molecular weight is 681 g/mol. The Labute approximate surface area is 284 Å². The van der Waals surface area contributed by atoms with E-state index in [1.54, 1.807) is 34.1 Å². The Kier molecular flexibility index (Phi) is 8.76. The van der Waals surface area contributed by atoms with Crippen molar-refractivity contribution in [2.24, 2.45) is 0 Å². The first-order chi connectivity index (χ1) is 22.0. The summed E-state index contributed by atoms with van der Waals surface area (Å²) in [6.45, 7) is 9.64. The third-order valence-corrected chi connectivity index (χ3v) is 9.57. The number of carboxylic acid groups (broad SMARTS) is 1. The number of carbonyl (C=O) groups excluding carboxylic acids is 2. The van der Waals surface area contributed by atoms with Crippen LogP contribution in [0.25, 0.3) is 5.69 Å². The number of halogens is 1. The maximum absolute atomic E-state index is 14.1. The van der Waals surface area contributed by atoms with Gasteiger partial charge in [0, 0.05) is 24.2 Å². The first-order valence-electron chi connectivity index (χ1n) is 15.6. The zero-order valence-corrected chi connectivity index (χ0v) is 28.9. The Morgan fingerprint density at radius 3 is 2.25 bits per heavy atom. The lowest BCUT2D eigenvalue weighted by Crippen LogP contribution is -2.64. The highest BCUT2D eigenvalue weighted by molar-refractivity contribution is 5.94. The fourth-order valence-corrected chi connectivity index (χ4v) is 7.36. The van der Waals surface area contributed by atoms with E-state index < -0.39 is 40.7 Å². The maximum atomic E-state index is 14.1. The van der Waals surface area contributed by atoms with Crippen molar-refractivity contribution in [3.63, 3.8) is 0 Å². The molecule has 3 aliphatic heterocycles. The second-order valence-electron chi connectivity index (χ2n) is 13.7. The number of nitrogens with zero attached hydrogens (tertiary/aromatic N) is 6. The SMILES string of the molecule is CC(=O)c1ccc(-n2c(=O)n3n(c2=O)C2C(=CC3)C(C)(C)Oc3cc(C4N(C(=O)CN(C)C)CCN(C(=O)O)C4(C)C)ccc32)cc1.Cl. The Morgan fingerprint density at radius 1 is 0.979 bits per heavy atom. The Balaban J connectivity index is 0.00000451. The predicted octanol–water partition coefficient (Wildman–Crippen LogP) is 3.33. The van der Waals surface area contributed by atoms with E-state index in [9.17, 15) is 29.1 Å². The standard InChI is InChI=1S/C34H40N6O7.ClH/c1-20(41)21-8-11-23(12-9-21)39-30(43)38-15-14-25-28(40(38)31(39)44)24-13-10-22(18-26(24)47-34(25,4)5)29-33(2,3)37(32(45)46)17-16-36(29)27(42)19-35(6)7;/h8-14,18,28-29H,15-17,19H2,1-7H3,(H,45,46);1H. The van der Waals surface area contributed by atoms with Gasteiger partial charge in [-0.15, -0.1) is 12.4 Å². The van der Waals surface area contributed by atoms with E-state index >= 15 is 0 Å². The van der Waals surface area contributed by atoms with Crippen LogP contribution in [0.3, 0.4) is 0 Å². The van der Waals surface area contributed by atoms with E-state index in [4.69, 9.17) is 4.74 Å². The number of amides is 2. The lowest BCUT2D eigenvalue weighted by atomic mass is 9.80. The van der Waals surface area contributed by atoms with Gasteiger partial charge in [-0.2, -0.15) is 0 Å². The summed E-state index contributed by atoms with van der Waals surface area (Å²) in [4.78, 5) is 70.3. The smallest absolute Gasteiger partial charge is 0.407 e. The van der Waals surface area contributed by atoms with Gasteiger partial charge in [-0.25, -0.2) is 28.3 Å². The molecule has 4 heterocycles. The van der Waals surface area contributed by atoms with Crippen LogP contribution in [-0.4, -0.2) is 96.4 Å². The molecule has 13 nitrogen and oxygen atoms in total. The monoisotopic (exact) mass is 680 g/mol. The molecule has 1 fully saturated rings. The van der Waals surface area contributed by atoms with Gasteiger partial charge in [0.25, 0.3) is 0 Å². The number of Topliss-reactive ketones (excluding diaryl/α,β-unsaturated/α-hetero) is 1. The van der Waals surface area contributed by atoms with Crippen LogP contribution in [0, 0.1) is 0 Å². The zero-order valence-electron chi connectivity index (χ0n) is 28.1. The van der Waals surface area contributed by atoms with Crippen molar-refractivity contribution in [3.8, 4) is 11.4 Å². The quantitative estimate of drug-likeness (QED) is 0.320. The molecule has 1 aromatic heterocycles. The van der Waals surface area contributed by atoms with Gasteiger partial charge in [0.15, 0.2) is 5.78 Å². The molecule has 14 heteroatoms. The molecule has 48 heavy (non-hydrogen) atoms. The van der Waals surface area contributed by atoms with E-state index in [1.807, 2.05) is 66.1 Å². The molecule has 2 unspecified atom stereocenters. The molecule has 256 valence electrons.